The molecule has 0 N–H and O–H groups in total. The highest BCUT2D eigenvalue weighted by atomic mass is 32.2. The first-order chi connectivity index (χ1) is 16.7. The van der Waals surface area contributed by atoms with Crippen LogP contribution < -0.4 is 9.47 Å². The first kappa shape index (κ1) is 22.0. The second-order valence-electron chi connectivity index (χ2n) is 7.80. The normalized spacial score (nSPS) is 18.8. The number of ether oxygens (including phenoxy) is 2. The van der Waals surface area contributed by atoms with E-state index in [0.29, 0.717) is 22.2 Å². The van der Waals surface area contributed by atoms with E-state index in [1.165, 1.54) is 11.8 Å². The molecule has 5 rings (SSSR count). The molecule has 0 bridgehead atoms. The minimum absolute atomic E-state index is 0.0780. The highest BCUT2D eigenvalue weighted by Crippen LogP contribution is 2.40. The number of aliphatic imine (C=N–C) groups is 1. The molecule has 3 aromatic rings. The van der Waals surface area contributed by atoms with E-state index in [0.717, 1.165) is 28.2 Å². The molecule has 1 unspecified atom stereocenters. The Hall–Kier alpha value is -3.84. The average molecular weight is 470 g/mol. The largest absolute Gasteiger partial charge is 0.497 e. The molecule has 0 saturated carbocycles. The molecule has 0 saturated heterocycles. The standard InChI is InChI=1S/C27H23N3O3S/c1-32-21-14-12-19(13-15-21)23-17-22(18-8-4-3-5-9-18)29-30(23)27-28-26(31)25(34-27)16-20-10-6-7-11-24(20)33-2/h3-16,23H,17H2,1-2H3/b25-16-. The van der Waals surface area contributed by atoms with Crippen LogP contribution in [0.4, 0.5) is 0 Å². The number of amides is 1. The summed E-state index contributed by atoms with van der Waals surface area (Å²) < 4.78 is 10.7. The average Bonchev–Trinajstić information content (AvgIpc) is 3.49. The summed E-state index contributed by atoms with van der Waals surface area (Å²) in [7, 11) is 3.27. The molecule has 0 radical (unpaired) electrons. The Bertz CT molecular complexity index is 1300. The maximum atomic E-state index is 12.8. The van der Waals surface area contributed by atoms with E-state index >= 15 is 0 Å². The van der Waals surface area contributed by atoms with E-state index in [-0.39, 0.29) is 11.9 Å². The van der Waals surface area contributed by atoms with E-state index < -0.39 is 0 Å². The quantitative estimate of drug-likeness (QED) is 0.460. The van der Waals surface area contributed by atoms with E-state index in [1.807, 2.05) is 77.8 Å². The Morgan fingerprint density at radius 3 is 2.41 bits per heavy atom. The molecule has 1 amide bonds. The Morgan fingerprint density at radius 1 is 0.941 bits per heavy atom. The molecule has 34 heavy (non-hydrogen) atoms. The summed E-state index contributed by atoms with van der Waals surface area (Å²) >= 11 is 1.33. The smallest absolute Gasteiger partial charge is 0.286 e. The molecule has 2 aliphatic rings. The van der Waals surface area contributed by atoms with Gasteiger partial charge in [-0.25, -0.2) is 5.01 Å². The number of thioether (sulfide) groups is 1. The van der Waals surface area contributed by atoms with Crippen LogP contribution in [0.15, 0.2) is 93.9 Å². The summed E-state index contributed by atoms with van der Waals surface area (Å²) in [6.07, 6.45) is 2.53. The molecule has 0 aromatic heterocycles. The van der Waals surface area contributed by atoms with E-state index in [1.54, 1.807) is 14.2 Å². The van der Waals surface area contributed by atoms with Crippen LogP contribution in [-0.4, -0.2) is 36.0 Å². The zero-order chi connectivity index (χ0) is 23.5. The number of hydrogen-bond acceptors (Lipinski definition) is 6. The third kappa shape index (κ3) is 4.34. The third-order valence-corrected chi connectivity index (χ3v) is 6.72. The van der Waals surface area contributed by atoms with E-state index in [2.05, 4.69) is 17.1 Å². The number of carbonyl (C=O) groups excluding carboxylic acids is 1. The molecule has 6 nitrogen and oxygen atoms in total. The van der Waals surface area contributed by atoms with Crippen molar-refractivity contribution in [1.82, 2.24) is 5.01 Å². The molecule has 2 aliphatic heterocycles. The number of benzene rings is 3. The number of hydrogen-bond donors (Lipinski definition) is 0. The minimum atomic E-state index is -0.275. The van der Waals surface area contributed by atoms with Crippen LogP contribution in [0.5, 0.6) is 11.5 Å². The van der Waals surface area contributed by atoms with Crippen LogP contribution >= 0.6 is 11.8 Å². The fourth-order valence-corrected chi connectivity index (χ4v) is 4.91. The number of methoxy groups -OCH3 is 2. The molecule has 7 heteroatoms. The molecule has 0 aliphatic carbocycles. The van der Waals surface area contributed by atoms with Crippen molar-refractivity contribution in [2.75, 3.05) is 14.2 Å². The number of para-hydroxylation sites is 1. The van der Waals surface area contributed by atoms with Crippen molar-refractivity contribution in [1.29, 1.82) is 0 Å². The highest BCUT2D eigenvalue weighted by molar-refractivity contribution is 8.18. The number of amidine groups is 1. The van der Waals surface area contributed by atoms with Crippen molar-refractivity contribution in [3.63, 3.8) is 0 Å². The Kier molecular flexibility index (Phi) is 6.18. The Morgan fingerprint density at radius 2 is 1.68 bits per heavy atom. The summed E-state index contributed by atoms with van der Waals surface area (Å²) in [6, 6.07) is 25.6. The lowest BCUT2D eigenvalue weighted by Gasteiger charge is -2.22. The van der Waals surface area contributed by atoms with Gasteiger partial charge in [-0.15, -0.1) is 0 Å². The Labute approximate surface area is 202 Å². The topological polar surface area (TPSA) is 63.5 Å². The van der Waals surface area contributed by atoms with Crippen LogP contribution in [0.3, 0.4) is 0 Å². The van der Waals surface area contributed by atoms with Gasteiger partial charge in [0.05, 0.1) is 30.9 Å². The molecular formula is C27H23N3O3S. The van der Waals surface area contributed by atoms with Gasteiger partial charge in [-0.2, -0.15) is 10.1 Å². The molecule has 0 spiro atoms. The monoisotopic (exact) mass is 469 g/mol. The van der Waals surface area contributed by atoms with Crippen molar-refractivity contribution in [3.05, 3.63) is 100 Å². The SMILES string of the molecule is COc1ccc(C2CC(c3ccccc3)=NN2C2=NC(=O)/C(=C/c3ccccc3OC)S2)cc1. The van der Waals surface area contributed by atoms with Gasteiger partial charge in [0.15, 0.2) is 5.17 Å². The fourth-order valence-electron chi connectivity index (χ4n) is 4.00. The first-order valence-electron chi connectivity index (χ1n) is 10.9. The number of rotatable bonds is 5. The summed E-state index contributed by atoms with van der Waals surface area (Å²) in [5.74, 6) is 1.23. The lowest BCUT2D eigenvalue weighted by atomic mass is 9.98. The van der Waals surface area contributed by atoms with Crippen molar-refractivity contribution < 1.29 is 14.3 Å². The van der Waals surface area contributed by atoms with Crippen LogP contribution in [0.25, 0.3) is 6.08 Å². The van der Waals surface area contributed by atoms with Crippen molar-refractivity contribution >= 4 is 34.6 Å². The molecule has 2 heterocycles. The van der Waals surface area contributed by atoms with Gasteiger partial charge in [0.1, 0.15) is 11.5 Å². The summed E-state index contributed by atoms with van der Waals surface area (Å²) in [5, 5.41) is 7.35. The van der Waals surface area contributed by atoms with Gasteiger partial charge in [0, 0.05) is 12.0 Å². The van der Waals surface area contributed by atoms with Gasteiger partial charge in [0.25, 0.3) is 5.91 Å². The molecule has 1 atom stereocenters. The first-order valence-corrected chi connectivity index (χ1v) is 11.7. The summed E-state index contributed by atoms with van der Waals surface area (Å²) in [5.41, 5.74) is 3.93. The van der Waals surface area contributed by atoms with Gasteiger partial charge in [0.2, 0.25) is 0 Å². The van der Waals surface area contributed by atoms with E-state index in [9.17, 15) is 4.79 Å². The zero-order valence-electron chi connectivity index (χ0n) is 18.8. The predicted octanol–water partition coefficient (Wildman–Crippen LogP) is 5.53. The number of hydrazone groups is 1. The van der Waals surface area contributed by atoms with Crippen LogP contribution in [-0.2, 0) is 4.79 Å². The molecule has 170 valence electrons. The second kappa shape index (κ2) is 9.57. The fraction of sp³-hybridized carbons (Fsp3) is 0.148. The van der Waals surface area contributed by atoms with Gasteiger partial charge in [-0.05, 0) is 47.2 Å². The molecule has 3 aromatic carbocycles. The zero-order valence-corrected chi connectivity index (χ0v) is 19.7. The van der Waals surface area contributed by atoms with Gasteiger partial charge >= 0.3 is 0 Å². The highest BCUT2D eigenvalue weighted by Gasteiger charge is 2.36. The summed E-state index contributed by atoms with van der Waals surface area (Å²) in [6.45, 7) is 0. The minimum Gasteiger partial charge on any atom is -0.497 e. The Balaban J connectivity index is 1.48. The van der Waals surface area contributed by atoms with Crippen LogP contribution in [0.1, 0.15) is 29.2 Å². The predicted molar refractivity (Wildman–Crippen MR) is 136 cm³/mol. The van der Waals surface area contributed by atoms with E-state index in [4.69, 9.17) is 14.6 Å². The van der Waals surface area contributed by atoms with Crippen molar-refractivity contribution in [3.8, 4) is 11.5 Å². The maximum absolute atomic E-state index is 12.8. The maximum Gasteiger partial charge on any atom is 0.286 e. The van der Waals surface area contributed by atoms with Gasteiger partial charge < -0.3 is 9.47 Å². The van der Waals surface area contributed by atoms with Crippen LogP contribution in [0, 0.1) is 0 Å². The van der Waals surface area contributed by atoms with Gasteiger partial charge in [-0.3, -0.25) is 4.79 Å². The number of nitrogens with zero attached hydrogens (tertiary/aromatic N) is 3. The van der Waals surface area contributed by atoms with Crippen molar-refractivity contribution in [2.24, 2.45) is 10.1 Å². The lowest BCUT2D eigenvalue weighted by molar-refractivity contribution is -0.113. The van der Waals surface area contributed by atoms with Crippen LogP contribution in [0.2, 0.25) is 0 Å². The van der Waals surface area contributed by atoms with Gasteiger partial charge in [-0.1, -0.05) is 60.7 Å². The van der Waals surface area contributed by atoms with Crippen molar-refractivity contribution in [2.45, 2.75) is 12.5 Å². The second-order valence-corrected chi connectivity index (χ2v) is 8.81. The third-order valence-electron chi connectivity index (χ3n) is 5.75. The number of carbonyl (C=O) groups is 1. The summed E-state index contributed by atoms with van der Waals surface area (Å²) in [4.78, 5) is 17.7. The molecular weight excluding hydrogens is 446 g/mol. The molecule has 0 fully saturated rings. The lowest BCUT2D eigenvalue weighted by Crippen LogP contribution is -2.23.